The predicted molar refractivity (Wildman–Crippen MR) is 111 cm³/mol. The Kier molecular flexibility index (Phi) is 4.49. The highest BCUT2D eigenvalue weighted by Gasteiger charge is 2.40. The third kappa shape index (κ3) is 3.37. The summed E-state index contributed by atoms with van der Waals surface area (Å²) in [6.45, 7) is 4.83. The van der Waals surface area contributed by atoms with Crippen LogP contribution in [0.15, 0.2) is 36.7 Å². The van der Waals surface area contributed by atoms with Gasteiger partial charge < -0.3 is 9.47 Å². The van der Waals surface area contributed by atoms with Gasteiger partial charge in [-0.15, -0.1) is 0 Å². The standard InChI is InChI=1S/C23H27N5O/c1-15-11-21(16(2)27(15)14-18-5-3-4-10-24-18)23(29)28(19-6-7-19)20-8-9-22-17(12-20)13-25-26-22/h3-5,10-11,13,19-20H,6-9,12,14H2,1-2H3,(H,25,26). The number of aromatic nitrogens is 4. The van der Waals surface area contributed by atoms with E-state index in [0.29, 0.717) is 12.6 Å². The molecule has 0 aliphatic heterocycles. The number of pyridine rings is 1. The third-order valence-electron chi connectivity index (χ3n) is 6.40. The first-order valence-corrected chi connectivity index (χ1v) is 10.5. The zero-order chi connectivity index (χ0) is 20.0. The van der Waals surface area contributed by atoms with Crippen LogP contribution in [-0.4, -0.2) is 42.6 Å². The maximum atomic E-state index is 13.7. The number of carbonyl (C=O) groups excluding carboxylic acids is 1. The van der Waals surface area contributed by atoms with Crippen LogP contribution in [0.1, 0.15) is 58.0 Å². The van der Waals surface area contributed by atoms with Crippen molar-refractivity contribution >= 4 is 5.91 Å². The molecule has 6 heteroatoms. The molecule has 0 radical (unpaired) electrons. The Balaban J connectivity index is 1.42. The van der Waals surface area contributed by atoms with E-state index in [1.165, 1.54) is 5.56 Å². The summed E-state index contributed by atoms with van der Waals surface area (Å²) in [7, 11) is 0. The summed E-state index contributed by atoms with van der Waals surface area (Å²) in [5.41, 5.74) is 6.41. The van der Waals surface area contributed by atoms with Gasteiger partial charge in [0.05, 0.1) is 23.5 Å². The van der Waals surface area contributed by atoms with E-state index in [4.69, 9.17) is 0 Å². The summed E-state index contributed by atoms with van der Waals surface area (Å²) >= 11 is 0. The van der Waals surface area contributed by atoms with Crippen LogP contribution in [0.5, 0.6) is 0 Å². The normalized spacial score (nSPS) is 18.5. The Bertz CT molecular complexity index is 1030. The van der Waals surface area contributed by atoms with Crippen LogP contribution < -0.4 is 0 Å². The Labute approximate surface area is 171 Å². The molecule has 2 aliphatic rings. The number of aryl methyl sites for hydroxylation is 2. The van der Waals surface area contributed by atoms with Gasteiger partial charge in [0.2, 0.25) is 0 Å². The van der Waals surface area contributed by atoms with Crippen molar-refractivity contribution in [2.45, 2.75) is 64.6 Å². The van der Waals surface area contributed by atoms with Gasteiger partial charge in [-0.2, -0.15) is 5.10 Å². The summed E-state index contributed by atoms with van der Waals surface area (Å²) in [4.78, 5) is 20.3. The number of fused-ring (bicyclic) bond motifs is 1. The van der Waals surface area contributed by atoms with Crippen LogP contribution in [-0.2, 0) is 19.4 Å². The first-order valence-electron chi connectivity index (χ1n) is 10.5. The lowest BCUT2D eigenvalue weighted by atomic mass is 9.92. The van der Waals surface area contributed by atoms with Crippen LogP contribution in [0.3, 0.4) is 0 Å². The monoisotopic (exact) mass is 389 g/mol. The molecule has 1 fully saturated rings. The molecule has 150 valence electrons. The Hall–Kier alpha value is -2.89. The van der Waals surface area contributed by atoms with Crippen LogP contribution in [0.25, 0.3) is 0 Å². The first-order chi connectivity index (χ1) is 14.1. The van der Waals surface area contributed by atoms with E-state index in [2.05, 4.69) is 44.6 Å². The molecule has 3 aromatic rings. The molecule has 6 nitrogen and oxygen atoms in total. The first kappa shape index (κ1) is 18.2. The summed E-state index contributed by atoms with van der Waals surface area (Å²) < 4.78 is 2.20. The number of H-pyrrole nitrogens is 1. The smallest absolute Gasteiger partial charge is 0.256 e. The van der Waals surface area contributed by atoms with E-state index >= 15 is 0 Å². The molecule has 0 saturated heterocycles. The van der Waals surface area contributed by atoms with Gasteiger partial charge in [0.1, 0.15) is 0 Å². The average Bonchev–Trinajstić information content (AvgIpc) is 3.38. The van der Waals surface area contributed by atoms with Gasteiger partial charge in [0, 0.05) is 35.9 Å². The second-order valence-electron chi connectivity index (χ2n) is 8.39. The van der Waals surface area contributed by atoms with Crippen molar-refractivity contribution in [1.82, 2.24) is 24.6 Å². The molecule has 3 aromatic heterocycles. The van der Waals surface area contributed by atoms with Crippen molar-refractivity contribution in [3.63, 3.8) is 0 Å². The maximum Gasteiger partial charge on any atom is 0.256 e. The van der Waals surface area contributed by atoms with E-state index in [9.17, 15) is 4.79 Å². The van der Waals surface area contributed by atoms with Crippen molar-refractivity contribution in [3.8, 4) is 0 Å². The number of hydrogen-bond donors (Lipinski definition) is 1. The molecule has 1 amide bonds. The van der Waals surface area contributed by atoms with E-state index in [1.54, 1.807) is 0 Å². The SMILES string of the molecule is Cc1cc(C(=O)N(C2CC2)C2CCc3n[nH]cc3C2)c(C)n1Cc1ccccn1. The van der Waals surface area contributed by atoms with Crippen molar-refractivity contribution in [2.75, 3.05) is 0 Å². The zero-order valence-electron chi connectivity index (χ0n) is 17.1. The van der Waals surface area contributed by atoms with Crippen molar-refractivity contribution in [1.29, 1.82) is 0 Å². The molecule has 1 atom stereocenters. The fourth-order valence-corrected chi connectivity index (χ4v) is 4.67. The fraction of sp³-hybridized carbons (Fsp3) is 0.435. The van der Waals surface area contributed by atoms with E-state index in [1.807, 2.05) is 30.6 Å². The molecule has 1 N–H and O–H groups in total. The van der Waals surface area contributed by atoms with Crippen molar-refractivity contribution < 1.29 is 4.79 Å². The largest absolute Gasteiger partial charge is 0.342 e. The molecular weight excluding hydrogens is 362 g/mol. The lowest BCUT2D eigenvalue weighted by Crippen LogP contribution is -2.45. The lowest BCUT2D eigenvalue weighted by Gasteiger charge is -2.34. The second-order valence-corrected chi connectivity index (χ2v) is 8.39. The number of hydrogen-bond acceptors (Lipinski definition) is 3. The minimum Gasteiger partial charge on any atom is -0.342 e. The van der Waals surface area contributed by atoms with E-state index < -0.39 is 0 Å². The Morgan fingerprint density at radius 1 is 1.24 bits per heavy atom. The Morgan fingerprint density at radius 2 is 2.10 bits per heavy atom. The number of aromatic amines is 1. The highest BCUT2D eigenvalue weighted by molar-refractivity contribution is 5.96. The molecule has 2 aliphatic carbocycles. The third-order valence-corrected chi connectivity index (χ3v) is 6.40. The maximum absolute atomic E-state index is 13.7. The molecule has 1 saturated carbocycles. The predicted octanol–water partition coefficient (Wildman–Crippen LogP) is 3.43. The summed E-state index contributed by atoms with van der Waals surface area (Å²) in [5.74, 6) is 0.185. The van der Waals surface area contributed by atoms with Gasteiger partial charge in [0.15, 0.2) is 0 Å². The van der Waals surface area contributed by atoms with Gasteiger partial charge in [-0.05, 0) is 69.7 Å². The number of rotatable bonds is 5. The van der Waals surface area contributed by atoms with E-state index in [-0.39, 0.29) is 11.9 Å². The highest BCUT2D eigenvalue weighted by Crippen LogP contribution is 2.35. The fourth-order valence-electron chi connectivity index (χ4n) is 4.67. The molecule has 0 spiro atoms. The molecule has 0 aromatic carbocycles. The summed E-state index contributed by atoms with van der Waals surface area (Å²) in [6.07, 6.45) is 8.89. The van der Waals surface area contributed by atoms with Crippen molar-refractivity contribution in [2.24, 2.45) is 0 Å². The van der Waals surface area contributed by atoms with Crippen LogP contribution in [0, 0.1) is 13.8 Å². The van der Waals surface area contributed by atoms with Crippen LogP contribution in [0.2, 0.25) is 0 Å². The van der Waals surface area contributed by atoms with Crippen LogP contribution >= 0.6 is 0 Å². The van der Waals surface area contributed by atoms with Gasteiger partial charge >= 0.3 is 0 Å². The molecule has 0 bridgehead atoms. The van der Waals surface area contributed by atoms with Crippen molar-refractivity contribution in [3.05, 3.63) is 70.6 Å². The molecule has 5 rings (SSSR count). The van der Waals surface area contributed by atoms with Gasteiger partial charge in [0.25, 0.3) is 5.91 Å². The number of nitrogens with one attached hydrogen (secondary N) is 1. The summed E-state index contributed by atoms with van der Waals surface area (Å²) in [5, 5.41) is 7.33. The van der Waals surface area contributed by atoms with Crippen LogP contribution in [0.4, 0.5) is 0 Å². The van der Waals surface area contributed by atoms with Gasteiger partial charge in [-0.25, -0.2) is 0 Å². The topological polar surface area (TPSA) is 66.8 Å². The zero-order valence-corrected chi connectivity index (χ0v) is 17.1. The van der Waals surface area contributed by atoms with Gasteiger partial charge in [-0.3, -0.25) is 14.9 Å². The summed E-state index contributed by atoms with van der Waals surface area (Å²) in [6, 6.07) is 8.67. The number of carbonyl (C=O) groups is 1. The lowest BCUT2D eigenvalue weighted by molar-refractivity contribution is 0.0642. The molecule has 3 heterocycles. The molecular formula is C23H27N5O. The minimum absolute atomic E-state index is 0.185. The highest BCUT2D eigenvalue weighted by atomic mass is 16.2. The number of nitrogens with zero attached hydrogens (tertiary/aromatic N) is 4. The second kappa shape index (κ2) is 7.17. The quantitative estimate of drug-likeness (QED) is 0.727. The molecule has 1 unspecified atom stereocenters. The van der Waals surface area contributed by atoms with Gasteiger partial charge in [-0.1, -0.05) is 6.07 Å². The number of amides is 1. The Morgan fingerprint density at radius 3 is 2.86 bits per heavy atom. The van der Waals surface area contributed by atoms with E-state index in [0.717, 1.165) is 60.4 Å². The molecule has 29 heavy (non-hydrogen) atoms. The average molecular weight is 390 g/mol. The minimum atomic E-state index is 0.185.